The Morgan fingerprint density at radius 2 is 1.49 bits per heavy atom. The van der Waals surface area contributed by atoms with Crippen molar-refractivity contribution >= 4 is 23.8 Å². The summed E-state index contributed by atoms with van der Waals surface area (Å²) < 4.78 is 27.7. The average molecular weight is 539 g/mol. The summed E-state index contributed by atoms with van der Waals surface area (Å²) in [5.41, 5.74) is 0. The third-order valence-electron chi connectivity index (χ3n) is 5.74. The highest BCUT2D eigenvalue weighted by Gasteiger charge is 2.53. The maximum absolute atomic E-state index is 11.8. The summed E-state index contributed by atoms with van der Waals surface area (Å²) in [5, 5.41) is 55.2. The summed E-state index contributed by atoms with van der Waals surface area (Å²) in [6, 6.07) is -2.78. The van der Waals surface area contributed by atoms with Crippen molar-refractivity contribution in [1.29, 1.82) is 0 Å². The molecule has 16 nitrogen and oxygen atoms in total. The van der Waals surface area contributed by atoms with Gasteiger partial charge in [0.15, 0.2) is 18.7 Å². The Balaban J connectivity index is 2.51. The summed E-state index contributed by atoms with van der Waals surface area (Å²) in [7, 11) is 0. The van der Waals surface area contributed by atoms with Crippen LogP contribution in [-0.2, 0) is 42.9 Å². The summed E-state index contributed by atoms with van der Waals surface area (Å²) in [4.78, 5) is 46.6. The van der Waals surface area contributed by atoms with E-state index in [4.69, 9.17) is 23.7 Å². The highest BCUT2D eigenvalue weighted by molar-refractivity contribution is 5.74. The van der Waals surface area contributed by atoms with E-state index < -0.39 is 104 Å². The quantitative estimate of drug-likeness (QED) is 0.131. The second-order valence-corrected chi connectivity index (χ2v) is 8.71. The smallest absolute Gasteiger partial charge is 0.332 e. The minimum atomic E-state index is -1.76. The van der Waals surface area contributed by atoms with Gasteiger partial charge in [-0.2, -0.15) is 0 Å². The number of rotatable bonds is 10. The normalized spacial score (nSPS) is 36.8. The Bertz CT molecular complexity index is 827. The Hall–Kier alpha value is -2.44. The first-order chi connectivity index (χ1) is 17.3. The molecule has 11 atom stereocenters. The van der Waals surface area contributed by atoms with Crippen LogP contribution in [0.4, 0.5) is 0 Å². The molecule has 212 valence electrons. The molecule has 2 aliphatic rings. The minimum Gasteiger partial charge on any atom is -0.479 e. The van der Waals surface area contributed by atoms with Crippen molar-refractivity contribution in [3.05, 3.63) is 0 Å². The lowest BCUT2D eigenvalue weighted by Gasteiger charge is -2.48. The minimum absolute atomic E-state index is 0.517. The van der Waals surface area contributed by atoms with Crippen LogP contribution in [-0.4, -0.2) is 130 Å². The fraction of sp³-hybridized carbons (Fsp3) is 0.810. The zero-order valence-corrected chi connectivity index (χ0v) is 20.7. The topological polar surface area (TPSA) is 240 Å². The number of aliphatic hydroxyl groups excluding tert-OH is 4. The number of hydrogen-bond acceptors (Lipinski definition) is 13. The van der Waals surface area contributed by atoms with Crippen LogP contribution in [0.1, 0.15) is 27.7 Å². The summed E-state index contributed by atoms with van der Waals surface area (Å²) in [6.45, 7) is 3.29. The fourth-order valence-electron chi connectivity index (χ4n) is 4.00. The SMILES string of the molecule is CC(=O)NC1C(OC2C(COC(C)=O)OC(O)C(NC(C)=O)C2OC(C)C(=O)O)OC(CO)C(O)C1O. The fourth-order valence-corrected chi connectivity index (χ4v) is 4.00. The molecule has 37 heavy (non-hydrogen) atoms. The first-order valence-corrected chi connectivity index (χ1v) is 11.4. The Kier molecular flexibility index (Phi) is 11.1. The van der Waals surface area contributed by atoms with Crippen molar-refractivity contribution in [1.82, 2.24) is 10.6 Å². The number of nitrogens with one attached hydrogen (secondary N) is 2. The molecule has 0 aromatic rings. The van der Waals surface area contributed by atoms with E-state index in [1.165, 1.54) is 6.92 Å². The predicted molar refractivity (Wildman–Crippen MR) is 117 cm³/mol. The van der Waals surface area contributed by atoms with Gasteiger partial charge in [0.2, 0.25) is 11.8 Å². The average Bonchev–Trinajstić information content (AvgIpc) is 2.80. The van der Waals surface area contributed by atoms with Crippen LogP contribution in [0.25, 0.3) is 0 Å². The summed E-state index contributed by atoms with van der Waals surface area (Å²) in [6.07, 6.45) is -13.7. The van der Waals surface area contributed by atoms with E-state index in [0.717, 1.165) is 20.8 Å². The number of esters is 1. The van der Waals surface area contributed by atoms with Crippen LogP contribution in [0.2, 0.25) is 0 Å². The molecule has 2 aliphatic heterocycles. The monoisotopic (exact) mass is 538 g/mol. The van der Waals surface area contributed by atoms with Gasteiger partial charge >= 0.3 is 11.9 Å². The molecule has 0 radical (unpaired) electrons. The third-order valence-corrected chi connectivity index (χ3v) is 5.74. The highest BCUT2D eigenvalue weighted by atomic mass is 16.7. The van der Waals surface area contributed by atoms with E-state index in [1.807, 2.05) is 0 Å². The molecule has 2 saturated heterocycles. The van der Waals surface area contributed by atoms with Gasteiger partial charge in [-0.3, -0.25) is 14.4 Å². The van der Waals surface area contributed by atoms with Gasteiger partial charge in [-0.1, -0.05) is 0 Å². The summed E-state index contributed by atoms with van der Waals surface area (Å²) >= 11 is 0. The number of ether oxygens (including phenoxy) is 5. The molecule has 2 fully saturated rings. The van der Waals surface area contributed by atoms with Crippen LogP contribution in [0.5, 0.6) is 0 Å². The number of carbonyl (C=O) groups excluding carboxylic acids is 3. The number of amides is 2. The molecule has 11 unspecified atom stereocenters. The van der Waals surface area contributed by atoms with Gasteiger partial charge in [-0.25, -0.2) is 4.79 Å². The van der Waals surface area contributed by atoms with E-state index in [2.05, 4.69) is 10.6 Å². The van der Waals surface area contributed by atoms with Gasteiger partial charge < -0.3 is 59.9 Å². The molecular weight excluding hydrogens is 504 g/mol. The third kappa shape index (κ3) is 8.02. The predicted octanol–water partition coefficient (Wildman–Crippen LogP) is -4.04. The van der Waals surface area contributed by atoms with E-state index in [-0.39, 0.29) is 0 Å². The number of carboxylic acids is 1. The molecule has 2 rings (SSSR count). The number of carbonyl (C=O) groups is 4. The maximum atomic E-state index is 11.8. The standard InChI is InChI=1S/C21H34N2O14/c1-7(19(30)31)34-18-14(23-9(3)26)20(32)35-12(6-33-10(4)27)17(18)37-21-13(22-8(2)25)16(29)15(28)11(5-24)36-21/h7,11-18,20-21,24,28-29,32H,5-6H2,1-4H3,(H,22,25)(H,23,26)(H,30,31). The van der Waals surface area contributed by atoms with Crippen molar-refractivity contribution in [2.24, 2.45) is 0 Å². The van der Waals surface area contributed by atoms with Crippen molar-refractivity contribution in [2.75, 3.05) is 13.2 Å². The molecule has 7 N–H and O–H groups in total. The largest absolute Gasteiger partial charge is 0.479 e. The van der Waals surface area contributed by atoms with Gasteiger partial charge in [0.1, 0.15) is 55.3 Å². The Morgan fingerprint density at radius 3 is 2.00 bits per heavy atom. The second-order valence-electron chi connectivity index (χ2n) is 8.71. The van der Waals surface area contributed by atoms with Crippen LogP contribution >= 0.6 is 0 Å². The van der Waals surface area contributed by atoms with Crippen LogP contribution in [0, 0.1) is 0 Å². The lowest BCUT2D eigenvalue weighted by Crippen LogP contribution is -2.69. The molecule has 0 bridgehead atoms. The zero-order valence-electron chi connectivity index (χ0n) is 20.7. The van der Waals surface area contributed by atoms with Gasteiger partial charge in [-0.15, -0.1) is 0 Å². The molecule has 16 heteroatoms. The molecule has 2 heterocycles. The van der Waals surface area contributed by atoms with E-state index >= 15 is 0 Å². The van der Waals surface area contributed by atoms with Gasteiger partial charge in [0.05, 0.1) is 6.61 Å². The van der Waals surface area contributed by atoms with E-state index in [0.29, 0.717) is 0 Å². The lowest BCUT2D eigenvalue weighted by molar-refractivity contribution is -0.333. The molecule has 0 spiro atoms. The maximum Gasteiger partial charge on any atom is 0.332 e. The molecule has 2 amide bonds. The second kappa shape index (κ2) is 13.4. The Morgan fingerprint density at radius 1 is 0.892 bits per heavy atom. The lowest BCUT2D eigenvalue weighted by atomic mass is 9.94. The molecule has 0 aliphatic carbocycles. The van der Waals surface area contributed by atoms with Crippen molar-refractivity contribution in [2.45, 2.75) is 95.1 Å². The number of aliphatic hydroxyl groups is 4. The Labute approximate surface area is 211 Å². The van der Waals surface area contributed by atoms with Gasteiger partial charge in [-0.05, 0) is 6.92 Å². The van der Waals surface area contributed by atoms with Crippen molar-refractivity contribution in [3.63, 3.8) is 0 Å². The van der Waals surface area contributed by atoms with Crippen LogP contribution in [0.15, 0.2) is 0 Å². The van der Waals surface area contributed by atoms with Crippen molar-refractivity contribution in [3.8, 4) is 0 Å². The number of hydrogen-bond donors (Lipinski definition) is 7. The van der Waals surface area contributed by atoms with E-state index in [1.54, 1.807) is 0 Å². The molecule has 0 aromatic heterocycles. The van der Waals surface area contributed by atoms with Gasteiger partial charge in [0, 0.05) is 20.8 Å². The molecule has 0 saturated carbocycles. The van der Waals surface area contributed by atoms with Crippen LogP contribution < -0.4 is 10.6 Å². The number of aliphatic carboxylic acids is 1. The molecular formula is C21H34N2O14. The first-order valence-electron chi connectivity index (χ1n) is 11.4. The highest BCUT2D eigenvalue weighted by Crippen LogP contribution is 2.31. The first kappa shape index (κ1) is 30.8. The zero-order chi connectivity index (χ0) is 28.0. The van der Waals surface area contributed by atoms with E-state index in [9.17, 15) is 44.7 Å². The van der Waals surface area contributed by atoms with Crippen LogP contribution in [0.3, 0.4) is 0 Å². The number of carboxylic acid groups (broad SMARTS) is 1. The summed E-state index contributed by atoms with van der Waals surface area (Å²) in [5.74, 6) is -3.38. The molecule has 0 aromatic carbocycles. The van der Waals surface area contributed by atoms with Gasteiger partial charge in [0.25, 0.3) is 0 Å². The van der Waals surface area contributed by atoms with Crippen molar-refractivity contribution < 1.29 is 68.4 Å².